The lowest BCUT2D eigenvalue weighted by Gasteiger charge is -2.32. The first-order chi connectivity index (χ1) is 17.7. The molecule has 1 aliphatic carbocycles. The molecule has 0 bridgehead atoms. The van der Waals surface area contributed by atoms with E-state index >= 15 is 0 Å². The highest BCUT2D eigenvalue weighted by atomic mass is 32.2. The predicted octanol–water partition coefficient (Wildman–Crippen LogP) is 4.66. The number of hydrazine groups is 1. The number of amidine groups is 1. The van der Waals surface area contributed by atoms with Gasteiger partial charge in [-0.25, -0.2) is 10.4 Å². The second-order valence-electron chi connectivity index (χ2n) is 10.1. The molecule has 0 saturated heterocycles. The van der Waals surface area contributed by atoms with Crippen molar-refractivity contribution >= 4 is 50.3 Å². The van der Waals surface area contributed by atoms with Crippen LogP contribution in [0.2, 0.25) is 0 Å². The van der Waals surface area contributed by atoms with Crippen LogP contribution in [0.15, 0.2) is 18.2 Å². The van der Waals surface area contributed by atoms with Crippen molar-refractivity contribution in [2.45, 2.75) is 83.7 Å². The second kappa shape index (κ2) is 14.1. The van der Waals surface area contributed by atoms with Gasteiger partial charge in [0.15, 0.2) is 5.17 Å². The fourth-order valence-electron chi connectivity index (χ4n) is 4.60. The minimum Gasteiger partial charge on any atom is -0.350 e. The van der Waals surface area contributed by atoms with Crippen molar-refractivity contribution in [2.24, 2.45) is 5.92 Å². The van der Waals surface area contributed by atoms with E-state index in [4.69, 9.17) is 10.4 Å². The Kier molecular flexibility index (Phi) is 11.2. The summed E-state index contributed by atoms with van der Waals surface area (Å²) >= 11 is 3.02. The van der Waals surface area contributed by atoms with E-state index in [1.165, 1.54) is 23.7 Å². The SMILES string of the molecule is CCC(=O)N[C@@H](Cc1nc2ccc(C(C)C)cc2s1)C(=O)NC(CSC(=N)N(C)NC)C1CCCCC1. The zero-order chi connectivity index (χ0) is 26.9. The summed E-state index contributed by atoms with van der Waals surface area (Å²) in [7, 11) is 3.59. The van der Waals surface area contributed by atoms with Crippen LogP contribution in [-0.2, 0) is 16.0 Å². The van der Waals surface area contributed by atoms with Crippen LogP contribution in [-0.4, -0.2) is 58.9 Å². The number of fused-ring (bicyclic) bond motifs is 1. The number of rotatable bonds is 11. The van der Waals surface area contributed by atoms with E-state index in [0.29, 0.717) is 35.6 Å². The van der Waals surface area contributed by atoms with Gasteiger partial charge in [-0.1, -0.05) is 57.9 Å². The monoisotopic (exact) mass is 546 g/mol. The van der Waals surface area contributed by atoms with Crippen molar-refractivity contribution in [2.75, 3.05) is 19.8 Å². The lowest BCUT2D eigenvalue weighted by Crippen LogP contribution is -2.53. The number of hydrogen-bond donors (Lipinski definition) is 4. The zero-order valence-corrected chi connectivity index (χ0v) is 24.4. The van der Waals surface area contributed by atoms with Gasteiger partial charge >= 0.3 is 0 Å². The molecule has 0 spiro atoms. The normalized spacial score (nSPS) is 15.9. The van der Waals surface area contributed by atoms with E-state index in [0.717, 1.165) is 40.9 Å². The molecular formula is C27H42N6O2S2. The Hall–Kier alpha value is -2.17. The number of hydrogen-bond acceptors (Lipinski definition) is 7. The zero-order valence-electron chi connectivity index (χ0n) is 22.7. The number of amides is 2. The smallest absolute Gasteiger partial charge is 0.243 e. The Morgan fingerprint density at radius 3 is 2.59 bits per heavy atom. The third-order valence-electron chi connectivity index (χ3n) is 7.06. The molecule has 0 aliphatic heterocycles. The Morgan fingerprint density at radius 1 is 1.22 bits per heavy atom. The maximum Gasteiger partial charge on any atom is 0.243 e. The first-order valence-electron chi connectivity index (χ1n) is 13.3. The number of thiazole rings is 1. The van der Waals surface area contributed by atoms with Crippen LogP contribution in [0, 0.1) is 11.3 Å². The molecule has 8 nitrogen and oxygen atoms in total. The largest absolute Gasteiger partial charge is 0.350 e. The van der Waals surface area contributed by atoms with Crippen molar-refractivity contribution in [1.82, 2.24) is 26.1 Å². The van der Waals surface area contributed by atoms with Crippen LogP contribution in [0.3, 0.4) is 0 Å². The standard InChI is InChI=1S/C27H42N6O2S2/c1-6-24(34)30-21(15-25-31-20-13-12-19(17(2)3)14-23(20)37-25)26(35)32-22(18-10-8-7-9-11-18)16-36-27(28)33(5)29-4/h12-14,17-18,21-22,28-29H,6-11,15-16H2,1-5H3,(H,30,34)(H,32,35)/t21-,22?/m0/s1. The molecule has 1 fully saturated rings. The van der Waals surface area contributed by atoms with Crippen molar-refractivity contribution in [3.63, 3.8) is 0 Å². The number of carbonyl (C=O) groups is 2. The highest BCUT2D eigenvalue weighted by Gasteiger charge is 2.30. The third kappa shape index (κ3) is 8.41. The molecule has 2 atom stereocenters. The van der Waals surface area contributed by atoms with Gasteiger partial charge in [-0.2, -0.15) is 0 Å². The molecule has 1 saturated carbocycles. The van der Waals surface area contributed by atoms with Crippen LogP contribution in [0.4, 0.5) is 0 Å². The number of thioether (sulfide) groups is 1. The summed E-state index contributed by atoms with van der Waals surface area (Å²) in [6, 6.07) is 5.57. The number of carbonyl (C=O) groups excluding carboxylic acids is 2. The maximum absolute atomic E-state index is 13.6. The van der Waals surface area contributed by atoms with Gasteiger partial charge in [0.1, 0.15) is 6.04 Å². The lowest BCUT2D eigenvalue weighted by molar-refractivity contribution is -0.129. The van der Waals surface area contributed by atoms with Crippen molar-refractivity contribution in [3.05, 3.63) is 28.8 Å². The number of nitrogens with one attached hydrogen (secondary N) is 4. The summed E-state index contributed by atoms with van der Waals surface area (Å²) in [5, 5.41) is 17.4. The predicted molar refractivity (Wildman–Crippen MR) is 155 cm³/mol. The molecule has 3 rings (SSSR count). The second-order valence-corrected chi connectivity index (χ2v) is 12.2. The first-order valence-corrected chi connectivity index (χ1v) is 15.1. The van der Waals surface area contributed by atoms with Gasteiger partial charge in [-0.05, 0) is 42.4 Å². The van der Waals surface area contributed by atoms with E-state index in [-0.39, 0.29) is 17.9 Å². The van der Waals surface area contributed by atoms with Crippen molar-refractivity contribution in [3.8, 4) is 0 Å². The molecule has 2 aromatic rings. The van der Waals surface area contributed by atoms with Crippen LogP contribution in [0.1, 0.15) is 75.8 Å². The molecule has 0 radical (unpaired) electrons. The minimum absolute atomic E-state index is 0.0617. The Bertz CT molecular complexity index is 1070. The van der Waals surface area contributed by atoms with Gasteiger partial charge in [0, 0.05) is 38.7 Å². The Balaban J connectivity index is 1.77. The molecule has 2 amide bonds. The fourth-order valence-corrected chi connectivity index (χ4v) is 6.64. The van der Waals surface area contributed by atoms with Crippen LogP contribution < -0.4 is 16.1 Å². The number of nitrogens with zero attached hydrogens (tertiary/aromatic N) is 2. The summed E-state index contributed by atoms with van der Waals surface area (Å²) in [5.74, 6) is 1.10. The number of aromatic nitrogens is 1. The van der Waals surface area contributed by atoms with E-state index in [1.54, 1.807) is 30.3 Å². The summed E-state index contributed by atoms with van der Waals surface area (Å²) < 4.78 is 1.10. The van der Waals surface area contributed by atoms with Crippen molar-refractivity contribution in [1.29, 1.82) is 5.41 Å². The summed E-state index contributed by atoms with van der Waals surface area (Å²) in [6.45, 7) is 6.13. The summed E-state index contributed by atoms with van der Waals surface area (Å²) in [4.78, 5) is 30.7. The van der Waals surface area contributed by atoms with Gasteiger partial charge in [-0.3, -0.25) is 20.0 Å². The maximum atomic E-state index is 13.6. The quantitative estimate of drug-likeness (QED) is 0.185. The molecule has 10 heteroatoms. The lowest BCUT2D eigenvalue weighted by atomic mass is 9.84. The van der Waals surface area contributed by atoms with Gasteiger partial charge in [-0.15, -0.1) is 11.3 Å². The van der Waals surface area contributed by atoms with E-state index in [2.05, 4.69) is 42.0 Å². The highest BCUT2D eigenvalue weighted by molar-refractivity contribution is 8.13. The minimum atomic E-state index is -0.687. The third-order valence-corrected chi connectivity index (χ3v) is 9.17. The van der Waals surface area contributed by atoms with Gasteiger partial charge in [0.25, 0.3) is 0 Å². The van der Waals surface area contributed by atoms with Crippen LogP contribution in [0.25, 0.3) is 10.2 Å². The van der Waals surface area contributed by atoms with Crippen LogP contribution >= 0.6 is 23.1 Å². The summed E-state index contributed by atoms with van der Waals surface area (Å²) in [6.07, 6.45) is 6.37. The highest BCUT2D eigenvalue weighted by Crippen LogP contribution is 2.29. The molecule has 37 heavy (non-hydrogen) atoms. The molecule has 1 unspecified atom stereocenters. The molecule has 1 aliphatic rings. The molecule has 1 aromatic carbocycles. The van der Waals surface area contributed by atoms with E-state index < -0.39 is 6.04 Å². The molecule has 4 N–H and O–H groups in total. The van der Waals surface area contributed by atoms with Gasteiger partial charge in [0.05, 0.1) is 15.2 Å². The Labute approximate surface area is 229 Å². The fraction of sp³-hybridized carbons (Fsp3) is 0.630. The molecular weight excluding hydrogens is 504 g/mol. The average molecular weight is 547 g/mol. The Morgan fingerprint density at radius 2 is 1.95 bits per heavy atom. The summed E-state index contributed by atoms with van der Waals surface area (Å²) in [5.41, 5.74) is 5.14. The molecule has 1 heterocycles. The van der Waals surface area contributed by atoms with E-state index in [9.17, 15) is 9.59 Å². The molecule has 1 aromatic heterocycles. The van der Waals surface area contributed by atoms with Gasteiger partial charge in [0.2, 0.25) is 11.8 Å². The van der Waals surface area contributed by atoms with Gasteiger partial charge < -0.3 is 10.6 Å². The number of benzene rings is 1. The van der Waals surface area contributed by atoms with E-state index in [1.807, 2.05) is 13.1 Å². The first kappa shape index (κ1) is 29.4. The molecule has 204 valence electrons. The van der Waals surface area contributed by atoms with Crippen molar-refractivity contribution < 1.29 is 9.59 Å². The average Bonchev–Trinajstić information content (AvgIpc) is 3.31. The topological polar surface area (TPSA) is 110 Å². The van der Waals surface area contributed by atoms with Crippen LogP contribution in [0.5, 0.6) is 0 Å².